The van der Waals surface area contributed by atoms with E-state index in [2.05, 4.69) is 15.6 Å². The summed E-state index contributed by atoms with van der Waals surface area (Å²) in [5.74, 6) is -0.117. The van der Waals surface area contributed by atoms with E-state index in [1.807, 2.05) is 0 Å². The molecule has 0 spiro atoms. The first kappa shape index (κ1) is 16.2. The lowest BCUT2D eigenvalue weighted by atomic mass is 10.2. The third kappa shape index (κ3) is 4.70. The highest BCUT2D eigenvalue weighted by atomic mass is 35.5. The number of hydrogen-bond acceptors (Lipinski definition) is 1. The van der Waals surface area contributed by atoms with Crippen molar-refractivity contribution < 1.29 is 8.78 Å². The van der Waals surface area contributed by atoms with Crippen molar-refractivity contribution in [2.75, 3.05) is 7.05 Å². The summed E-state index contributed by atoms with van der Waals surface area (Å²) >= 11 is 5.74. The third-order valence-corrected chi connectivity index (χ3v) is 3.33. The number of hydrogen-bond donors (Lipinski definition) is 2. The van der Waals surface area contributed by atoms with Gasteiger partial charge in [-0.05, 0) is 35.4 Å². The summed E-state index contributed by atoms with van der Waals surface area (Å²) in [6.07, 6.45) is 0. The molecule has 0 radical (unpaired) electrons. The average Bonchev–Trinajstić information content (AvgIpc) is 2.52. The minimum atomic E-state index is -0.441. The van der Waals surface area contributed by atoms with E-state index in [9.17, 15) is 8.78 Å². The van der Waals surface area contributed by atoms with Crippen molar-refractivity contribution in [3.05, 3.63) is 70.2 Å². The van der Waals surface area contributed by atoms with Crippen LogP contribution >= 0.6 is 11.6 Å². The molecule has 0 saturated carbocycles. The van der Waals surface area contributed by atoms with Gasteiger partial charge < -0.3 is 10.6 Å². The molecule has 0 heterocycles. The lowest BCUT2D eigenvalue weighted by molar-refractivity contribution is 0.626. The summed E-state index contributed by atoms with van der Waals surface area (Å²) in [4.78, 5) is 4.09. The van der Waals surface area contributed by atoms with Crippen LogP contribution in [-0.2, 0) is 13.1 Å². The fourth-order valence-corrected chi connectivity index (χ4v) is 2.05. The van der Waals surface area contributed by atoms with Gasteiger partial charge in [-0.25, -0.2) is 8.78 Å². The maximum absolute atomic E-state index is 13.1. The molecule has 22 heavy (non-hydrogen) atoms. The number of benzene rings is 2. The van der Waals surface area contributed by atoms with Gasteiger partial charge in [0.25, 0.3) is 0 Å². The summed E-state index contributed by atoms with van der Waals surface area (Å²) < 4.78 is 25.9. The molecule has 2 aromatic rings. The van der Waals surface area contributed by atoms with E-state index >= 15 is 0 Å². The normalized spacial score (nSPS) is 11.4. The number of nitrogens with zero attached hydrogens (tertiary/aromatic N) is 1. The van der Waals surface area contributed by atoms with E-state index in [4.69, 9.17) is 11.6 Å². The second-order valence-corrected chi connectivity index (χ2v) is 5.06. The van der Waals surface area contributed by atoms with Crippen LogP contribution in [0.15, 0.2) is 47.5 Å². The molecule has 0 unspecified atom stereocenters. The Morgan fingerprint density at radius 3 is 2.18 bits per heavy atom. The van der Waals surface area contributed by atoms with E-state index in [-0.39, 0.29) is 10.8 Å². The maximum Gasteiger partial charge on any atom is 0.191 e. The van der Waals surface area contributed by atoms with E-state index < -0.39 is 5.82 Å². The van der Waals surface area contributed by atoms with Gasteiger partial charge in [0.05, 0.1) is 5.02 Å². The molecular formula is C16H16ClF2N3. The van der Waals surface area contributed by atoms with Gasteiger partial charge in [-0.2, -0.15) is 0 Å². The molecule has 0 saturated heterocycles. The van der Waals surface area contributed by atoms with Gasteiger partial charge in [-0.15, -0.1) is 0 Å². The number of halogens is 3. The van der Waals surface area contributed by atoms with Crippen LogP contribution in [0.4, 0.5) is 8.78 Å². The Hall–Kier alpha value is -2.14. The average molecular weight is 324 g/mol. The van der Waals surface area contributed by atoms with Crippen molar-refractivity contribution in [2.24, 2.45) is 4.99 Å². The van der Waals surface area contributed by atoms with Crippen molar-refractivity contribution in [2.45, 2.75) is 13.1 Å². The van der Waals surface area contributed by atoms with Crippen molar-refractivity contribution in [1.29, 1.82) is 0 Å². The van der Waals surface area contributed by atoms with Gasteiger partial charge in [0.15, 0.2) is 5.96 Å². The summed E-state index contributed by atoms with van der Waals surface area (Å²) in [6.45, 7) is 0.979. The zero-order valence-electron chi connectivity index (χ0n) is 12.0. The van der Waals surface area contributed by atoms with Gasteiger partial charge in [-0.1, -0.05) is 29.8 Å². The maximum atomic E-state index is 13.1. The molecule has 0 amide bonds. The molecule has 0 bridgehead atoms. The van der Waals surface area contributed by atoms with Crippen LogP contribution in [0.1, 0.15) is 11.1 Å². The molecule has 2 rings (SSSR count). The lowest BCUT2D eigenvalue weighted by Gasteiger charge is -2.12. The van der Waals surface area contributed by atoms with E-state index in [1.54, 1.807) is 31.3 Å². The second kappa shape index (κ2) is 7.75. The van der Waals surface area contributed by atoms with Gasteiger partial charge in [0.1, 0.15) is 11.6 Å². The molecule has 2 aromatic carbocycles. The Labute approximate surface area is 133 Å². The van der Waals surface area contributed by atoms with Crippen LogP contribution < -0.4 is 10.6 Å². The second-order valence-electron chi connectivity index (χ2n) is 4.65. The molecule has 0 aliphatic heterocycles. The molecule has 0 aromatic heterocycles. The first-order chi connectivity index (χ1) is 10.6. The van der Waals surface area contributed by atoms with Crippen LogP contribution in [-0.4, -0.2) is 13.0 Å². The predicted octanol–water partition coefficient (Wildman–Crippen LogP) is 3.48. The highest BCUT2D eigenvalue weighted by molar-refractivity contribution is 6.30. The van der Waals surface area contributed by atoms with Gasteiger partial charge in [-0.3, -0.25) is 4.99 Å². The first-order valence-corrected chi connectivity index (χ1v) is 7.09. The fourth-order valence-electron chi connectivity index (χ4n) is 1.84. The molecule has 0 fully saturated rings. The van der Waals surface area contributed by atoms with Crippen LogP contribution in [0, 0.1) is 11.6 Å². The standard InChI is InChI=1S/C16H16ClF2N3/c1-20-16(21-9-11-2-5-13(18)6-3-11)22-10-12-4-7-15(19)14(17)8-12/h2-8H,9-10H2,1H3,(H2,20,21,22). The Balaban J connectivity index is 1.87. The minimum Gasteiger partial charge on any atom is -0.352 e. The van der Waals surface area contributed by atoms with Crippen LogP contribution in [0.3, 0.4) is 0 Å². The molecule has 116 valence electrons. The summed E-state index contributed by atoms with van der Waals surface area (Å²) in [6, 6.07) is 10.8. The van der Waals surface area contributed by atoms with Crippen molar-refractivity contribution >= 4 is 17.6 Å². The molecule has 0 aliphatic carbocycles. The Morgan fingerprint density at radius 2 is 1.59 bits per heavy atom. The highest BCUT2D eigenvalue weighted by Gasteiger charge is 2.03. The lowest BCUT2D eigenvalue weighted by Crippen LogP contribution is -2.36. The first-order valence-electron chi connectivity index (χ1n) is 6.71. The highest BCUT2D eigenvalue weighted by Crippen LogP contribution is 2.15. The van der Waals surface area contributed by atoms with Gasteiger partial charge in [0.2, 0.25) is 0 Å². The molecular weight excluding hydrogens is 308 g/mol. The Morgan fingerprint density at radius 1 is 1.00 bits per heavy atom. The van der Waals surface area contributed by atoms with Crippen LogP contribution in [0.25, 0.3) is 0 Å². The fraction of sp³-hybridized carbons (Fsp3) is 0.188. The number of rotatable bonds is 4. The summed E-state index contributed by atoms with van der Waals surface area (Å²) in [5, 5.41) is 6.30. The molecule has 6 heteroatoms. The van der Waals surface area contributed by atoms with Crippen LogP contribution in [0.5, 0.6) is 0 Å². The van der Waals surface area contributed by atoms with Gasteiger partial charge >= 0.3 is 0 Å². The quantitative estimate of drug-likeness (QED) is 0.667. The largest absolute Gasteiger partial charge is 0.352 e. The molecule has 0 aliphatic rings. The van der Waals surface area contributed by atoms with E-state index in [1.165, 1.54) is 18.2 Å². The van der Waals surface area contributed by atoms with Gasteiger partial charge in [0, 0.05) is 20.1 Å². The van der Waals surface area contributed by atoms with Crippen molar-refractivity contribution in [3.63, 3.8) is 0 Å². The molecule has 3 nitrogen and oxygen atoms in total. The predicted molar refractivity (Wildman–Crippen MR) is 84.8 cm³/mol. The summed E-state index contributed by atoms with van der Waals surface area (Å²) in [5.41, 5.74) is 1.78. The zero-order valence-corrected chi connectivity index (χ0v) is 12.8. The Bertz CT molecular complexity index is 657. The van der Waals surface area contributed by atoms with E-state index in [0.717, 1.165) is 11.1 Å². The number of aliphatic imine (C=N–C) groups is 1. The minimum absolute atomic E-state index is 0.0913. The monoisotopic (exact) mass is 323 g/mol. The van der Waals surface area contributed by atoms with Crippen LogP contribution in [0.2, 0.25) is 5.02 Å². The van der Waals surface area contributed by atoms with E-state index in [0.29, 0.717) is 19.0 Å². The molecule has 2 N–H and O–H groups in total. The van der Waals surface area contributed by atoms with Crippen molar-refractivity contribution in [1.82, 2.24) is 10.6 Å². The topological polar surface area (TPSA) is 36.4 Å². The summed E-state index contributed by atoms with van der Waals surface area (Å²) in [7, 11) is 1.65. The zero-order chi connectivity index (χ0) is 15.9. The Kier molecular flexibility index (Phi) is 5.72. The SMILES string of the molecule is CN=C(NCc1ccc(F)cc1)NCc1ccc(F)c(Cl)c1. The number of nitrogens with one attached hydrogen (secondary N) is 2. The van der Waals surface area contributed by atoms with Crippen molar-refractivity contribution in [3.8, 4) is 0 Å². The number of guanidine groups is 1. The smallest absolute Gasteiger partial charge is 0.191 e. The third-order valence-electron chi connectivity index (χ3n) is 3.04. The molecule has 0 atom stereocenters.